The molecule has 0 fully saturated rings. The minimum Gasteiger partial charge on any atom is -0.460 e. The van der Waals surface area contributed by atoms with Crippen LogP contribution < -0.4 is 16.0 Å². The second-order valence-electron chi connectivity index (χ2n) is 8.21. The third kappa shape index (κ3) is 14.0. The zero-order valence-corrected chi connectivity index (χ0v) is 21.9. The molecule has 0 aliphatic heterocycles. The van der Waals surface area contributed by atoms with E-state index in [4.69, 9.17) is 4.74 Å². The van der Waals surface area contributed by atoms with Gasteiger partial charge in [0, 0.05) is 39.2 Å². The van der Waals surface area contributed by atoms with Crippen LogP contribution in [0.3, 0.4) is 0 Å². The SMILES string of the molecule is CN=C(NCCCCCCC(=O)OC(C)(C)C)NCCc1cccc(C(=O)NC)c1.I. The molecule has 0 aromatic heterocycles. The van der Waals surface area contributed by atoms with Crippen LogP contribution in [0, 0.1) is 0 Å². The fourth-order valence-electron chi connectivity index (χ4n) is 2.91. The average Bonchev–Trinajstić information content (AvgIpc) is 2.70. The van der Waals surface area contributed by atoms with Gasteiger partial charge < -0.3 is 20.7 Å². The number of hydrogen-bond donors (Lipinski definition) is 3. The van der Waals surface area contributed by atoms with E-state index in [1.807, 2.05) is 45.0 Å². The summed E-state index contributed by atoms with van der Waals surface area (Å²) in [5.41, 5.74) is 1.37. The van der Waals surface area contributed by atoms with Gasteiger partial charge in [-0.25, -0.2) is 0 Å². The first-order valence-electron chi connectivity index (χ1n) is 10.7. The predicted octanol–water partition coefficient (Wildman–Crippen LogP) is 3.66. The average molecular weight is 546 g/mol. The number of nitrogens with zero attached hydrogens (tertiary/aromatic N) is 1. The van der Waals surface area contributed by atoms with Crippen LogP contribution >= 0.6 is 24.0 Å². The van der Waals surface area contributed by atoms with Crippen molar-refractivity contribution in [1.29, 1.82) is 0 Å². The summed E-state index contributed by atoms with van der Waals surface area (Å²) in [5, 5.41) is 9.25. The molecule has 1 amide bonds. The van der Waals surface area contributed by atoms with Crippen LogP contribution in [0.5, 0.6) is 0 Å². The number of carbonyl (C=O) groups is 2. The number of hydrogen-bond acceptors (Lipinski definition) is 4. The maximum atomic E-state index is 11.7. The number of nitrogens with one attached hydrogen (secondary N) is 3. The van der Waals surface area contributed by atoms with Crippen LogP contribution in [0.2, 0.25) is 0 Å². The lowest BCUT2D eigenvalue weighted by molar-refractivity contribution is -0.154. The van der Waals surface area contributed by atoms with E-state index in [9.17, 15) is 9.59 Å². The van der Waals surface area contributed by atoms with E-state index < -0.39 is 5.60 Å². The Kier molecular flexibility index (Phi) is 14.9. The van der Waals surface area contributed by atoms with Crippen molar-refractivity contribution in [2.45, 2.75) is 64.9 Å². The maximum absolute atomic E-state index is 11.7. The van der Waals surface area contributed by atoms with E-state index in [2.05, 4.69) is 20.9 Å². The molecule has 176 valence electrons. The molecule has 8 heteroatoms. The summed E-state index contributed by atoms with van der Waals surface area (Å²) in [6, 6.07) is 7.63. The normalized spacial score (nSPS) is 11.3. The number of amides is 1. The third-order valence-corrected chi connectivity index (χ3v) is 4.37. The van der Waals surface area contributed by atoms with Crippen LogP contribution in [0.4, 0.5) is 0 Å². The highest BCUT2D eigenvalue weighted by Crippen LogP contribution is 2.11. The Morgan fingerprint density at radius 3 is 2.35 bits per heavy atom. The second-order valence-corrected chi connectivity index (χ2v) is 8.21. The van der Waals surface area contributed by atoms with Crippen LogP contribution in [0.15, 0.2) is 29.3 Å². The van der Waals surface area contributed by atoms with Gasteiger partial charge in [0.1, 0.15) is 5.60 Å². The van der Waals surface area contributed by atoms with Crippen molar-refractivity contribution in [3.8, 4) is 0 Å². The van der Waals surface area contributed by atoms with Crippen molar-refractivity contribution in [2.75, 3.05) is 27.2 Å². The van der Waals surface area contributed by atoms with Gasteiger partial charge in [-0.2, -0.15) is 0 Å². The Hall–Kier alpha value is -1.84. The lowest BCUT2D eigenvalue weighted by Crippen LogP contribution is -2.38. The van der Waals surface area contributed by atoms with Gasteiger partial charge in [0.05, 0.1) is 0 Å². The molecule has 0 unspecified atom stereocenters. The molecule has 1 aromatic carbocycles. The van der Waals surface area contributed by atoms with Crippen molar-refractivity contribution in [1.82, 2.24) is 16.0 Å². The highest BCUT2D eigenvalue weighted by atomic mass is 127. The van der Waals surface area contributed by atoms with Crippen molar-refractivity contribution in [2.24, 2.45) is 4.99 Å². The zero-order valence-electron chi connectivity index (χ0n) is 19.5. The van der Waals surface area contributed by atoms with E-state index in [1.165, 1.54) is 0 Å². The summed E-state index contributed by atoms with van der Waals surface area (Å²) in [7, 11) is 3.38. The third-order valence-electron chi connectivity index (χ3n) is 4.37. The number of esters is 1. The molecule has 0 spiro atoms. The minimum absolute atomic E-state index is 0. The number of unbranched alkanes of at least 4 members (excludes halogenated alkanes) is 3. The molecule has 0 aliphatic carbocycles. The molecule has 0 atom stereocenters. The topological polar surface area (TPSA) is 91.8 Å². The molecular formula is C23H39IN4O3. The molecule has 7 nitrogen and oxygen atoms in total. The Morgan fingerprint density at radius 2 is 1.71 bits per heavy atom. The second kappa shape index (κ2) is 15.9. The van der Waals surface area contributed by atoms with E-state index >= 15 is 0 Å². The first-order valence-corrected chi connectivity index (χ1v) is 10.7. The van der Waals surface area contributed by atoms with Crippen LogP contribution in [0.1, 0.15) is 68.8 Å². The molecule has 0 saturated heterocycles. The van der Waals surface area contributed by atoms with Crippen molar-refractivity contribution in [3.05, 3.63) is 35.4 Å². The molecular weight excluding hydrogens is 507 g/mol. The standard InChI is InChI=1S/C23H38N4O3.HI/c1-23(2,3)30-20(28)13-8-6-7-9-15-26-22(25-5)27-16-14-18-11-10-12-19(17-18)21(29)24-4;/h10-12,17H,6-9,13-16H2,1-5H3,(H,24,29)(H2,25,26,27);1H. The van der Waals surface area contributed by atoms with Gasteiger partial charge in [-0.1, -0.05) is 25.0 Å². The molecule has 1 rings (SSSR count). The summed E-state index contributed by atoms with van der Waals surface area (Å²) < 4.78 is 5.31. The fourth-order valence-corrected chi connectivity index (χ4v) is 2.91. The van der Waals surface area contributed by atoms with E-state index in [1.54, 1.807) is 14.1 Å². The monoisotopic (exact) mass is 546 g/mol. The zero-order chi connectivity index (χ0) is 22.4. The maximum Gasteiger partial charge on any atom is 0.306 e. The highest BCUT2D eigenvalue weighted by molar-refractivity contribution is 14.0. The molecule has 1 aromatic rings. The Labute approximate surface area is 204 Å². The van der Waals surface area contributed by atoms with Crippen LogP contribution in [0.25, 0.3) is 0 Å². The first kappa shape index (κ1) is 29.2. The van der Waals surface area contributed by atoms with Gasteiger partial charge in [-0.15, -0.1) is 24.0 Å². The van der Waals surface area contributed by atoms with Crippen molar-refractivity contribution >= 4 is 41.8 Å². The molecule has 3 N–H and O–H groups in total. The van der Waals surface area contributed by atoms with Gasteiger partial charge in [0.15, 0.2) is 5.96 Å². The molecule has 0 bridgehead atoms. The number of halogens is 1. The van der Waals surface area contributed by atoms with E-state index in [0.717, 1.165) is 56.7 Å². The van der Waals surface area contributed by atoms with Gasteiger partial charge in [-0.05, 0) is 57.7 Å². The van der Waals surface area contributed by atoms with Crippen LogP contribution in [-0.4, -0.2) is 50.6 Å². The molecule has 31 heavy (non-hydrogen) atoms. The summed E-state index contributed by atoms with van der Waals surface area (Å²) in [6.07, 6.45) is 5.22. The number of ether oxygens (including phenoxy) is 1. The number of rotatable bonds is 11. The number of aliphatic imine (C=N–C) groups is 1. The predicted molar refractivity (Wildman–Crippen MR) is 137 cm³/mol. The number of carbonyl (C=O) groups excluding carboxylic acids is 2. The molecule has 0 heterocycles. The lowest BCUT2D eigenvalue weighted by atomic mass is 10.1. The molecule has 0 radical (unpaired) electrons. The first-order chi connectivity index (χ1) is 14.2. The number of benzene rings is 1. The van der Waals surface area contributed by atoms with Crippen molar-refractivity contribution < 1.29 is 14.3 Å². The quantitative estimate of drug-likeness (QED) is 0.130. The van der Waals surface area contributed by atoms with Gasteiger partial charge in [-0.3, -0.25) is 14.6 Å². The summed E-state index contributed by atoms with van der Waals surface area (Å²) in [6.45, 7) is 7.23. The van der Waals surface area contributed by atoms with Gasteiger partial charge in [0.25, 0.3) is 5.91 Å². The van der Waals surface area contributed by atoms with Crippen molar-refractivity contribution in [3.63, 3.8) is 0 Å². The van der Waals surface area contributed by atoms with E-state index in [-0.39, 0.29) is 35.9 Å². The molecule has 0 saturated carbocycles. The number of guanidine groups is 1. The van der Waals surface area contributed by atoms with Crippen LogP contribution in [-0.2, 0) is 16.0 Å². The summed E-state index contributed by atoms with van der Waals surface area (Å²) in [4.78, 5) is 27.6. The molecule has 0 aliphatic rings. The van der Waals surface area contributed by atoms with E-state index in [0.29, 0.717) is 12.0 Å². The smallest absolute Gasteiger partial charge is 0.306 e. The Bertz CT molecular complexity index is 702. The minimum atomic E-state index is -0.406. The summed E-state index contributed by atoms with van der Waals surface area (Å²) >= 11 is 0. The van der Waals surface area contributed by atoms with Gasteiger partial charge in [0.2, 0.25) is 0 Å². The largest absolute Gasteiger partial charge is 0.460 e. The Morgan fingerprint density at radius 1 is 1.03 bits per heavy atom. The lowest BCUT2D eigenvalue weighted by Gasteiger charge is -2.19. The Balaban J connectivity index is 0.00000900. The fraction of sp³-hybridized carbons (Fsp3) is 0.609. The van der Waals surface area contributed by atoms with Gasteiger partial charge >= 0.3 is 5.97 Å². The summed E-state index contributed by atoms with van der Waals surface area (Å²) in [5.74, 6) is 0.575. The highest BCUT2D eigenvalue weighted by Gasteiger charge is 2.15.